The Hall–Kier alpha value is -1.81. The summed E-state index contributed by atoms with van der Waals surface area (Å²) in [7, 11) is 1.60. The molecule has 0 aliphatic rings. The summed E-state index contributed by atoms with van der Waals surface area (Å²) in [6.45, 7) is 6.70. The standard InChI is InChI=1S/C15H20N2O2/c1-5-17-14(12(19-4)9-16-17)15(18)13-10(2)7-6-8-11(13)3/h6-9,15,18H,5H2,1-4H3. The molecule has 0 spiro atoms. The SMILES string of the molecule is CCn1ncc(OC)c1C(O)c1c(C)cccc1C. The van der Waals surface area contributed by atoms with Crippen LogP contribution >= 0.6 is 0 Å². The van der Waals surface area contributed by atoms with Crippen molar-refractivity contribution in [3.05, 3.63) is 46.8 Å². The molecular formula is C15H20N2O2. The van der Waals surface area contributed by atoms with Crippen molar-refractivity contribution in [1.29, 1.82) is 0 Å². The maximum Gasteiger partial charge on any atom is 0.163 e. The lowest BCUT2D eigenvalue weighted by Crippen LogP contribution is -2.12. The third kappa shape index (κ3) is 2.36. The summed E-state index contributed by atoms with van der Waals surface area (Å²) in [6.07, 6.45) is 0.925. The molecule has 0 aliphatic heterocycles. The zero-order valence-corrected chi connectivity index (χ0v) is 11.8. The van der Waals surface area contributed by atoms with Crippen LogP contribution in [0, 0.1) is 13.8 Å². The van der Waals surface area contributed by atoms with E-state index >= 15 is 0 Å². The van der Waals surface area contributed by atoms with E-state index in [1.54, 1.807) is 18.0 Å². The number of hydrogen-bond acceptors (Lipinski definition) is 3. The highest BCUT2D eigenvalue weighted by atomic mass is 16.5. The summed E-state index contributed by atoms with van der Waals surface area (Å²) < 4.78 is 7.08. The Bertz CT molecular complexity index is 534. The lowest BCUT2D eigenvalue weighted by molar-refractivity contribution is 0.201. The minimum Gasteiger partial charge on any atom is -0.493 e. The van der Waals surface area contributed by atoms with Gasteiger partial charge in [-0.25, -0.2) is 0 Å². The summed E-state index contributed by atoms with van der Waals surface area (Å²) in [4.78, 5) is 0. The van der Waals surface area contributed by atoms with Gasteiger partial charge in [-0.2, -0.15) is 5.10 Å². The third-order valence-corrected chi connectivity index (χ3v) is 3.44. The van der Waals surface area contributed by atoms with Crippen molar-refractivity contribution in [3.63, 3.8) is 0 Å². The highest BCUT2D eigenvalue weighted by Gasteiger charge is 2.23. The molecule has 4 nitrogen and oxygen atoms in total. The number of hydrogen-bond donors (Lipinski definition) is 1. The predicted molar refractivity (Wildman–Crippen MR) is 74.4 cm³/mol. The van der Waals surface area contributed by atoms with Gasteiger partial charge in [0.25, 0.3) is 0 Å². The van der Waals surface area contributed by atoms with Gasteiger partial charge < -0.3 is 9.84 Å². The quantitative estimate of drug-likeness (QED) is 0.919. The summed E-state index contributed by atoms with van der Waals surface area (Å²) in [5.41, 5.74) is 3.77. The van der Waals surface area contributed by atoms with Crippen molar-refractivity contribution in [3.8, 4) is 5.75 Å². The first-order valence-electron chi connectivity index (χ1n) is 6.44. The second-order valence-corrected chi connectivity index (χ2v) is 4.62. The van der Waals surface area contributed by atoms with Crippen LogP contribution in [0.25, 0.3) is 0 Å². The highest BCUT2D eigenvalue weighted by molar-refractivity contribution is 5.42. The number of aryl methyl sites for hydroxylation is 3. The molecule has 1 aromatic heterocycles. The van der Waals surface area contributed by atoms with Crippen molar-refractivity contribution >= 4 is 0 Å². The van der Waals surface area contributed by atoms with Crippen LogP contribution in [0.4, 0.5) is 0 Å². The molecule has 0 fully saturated rings. The van der Waals surface area contributed by atoms with Crippen LogP contribution in [0.15, 0.2) is 24.4 Å². The molecule has 0 saturated heterocycles. The van der Waals surface area contributed by atoms with Gasteiger partial charge in [0.1, 0.15) is 11.8 Å². The Balaban J connectivity index is 2.55. The molecule has 1 heterocycles. The Morgan fingerprint density at radius 3 is 2.47 bits per heavy atom. The van der Waals surface area contributed by atoms with E-state index in [2.05, 4.69) is 5.10 Å². The number of methoxy groups -OCH3 is 1. The van der Waals surface area contributed by atoms with Gasteiger partial charge in [-0.15, -0.1) is 0 Å². The molecule has 2 rings (SSSR count). The van der Waals surface area contributed by atoms with Crippen molar-refractivity contribution in [2.75, 3.05) is 7.11 Å². The lowest BCUT2D eigenvalue weighted by atomic mass is 9.96. The van der Waals surface area contributed by atoms with Crippen LogP contribution in [0.1, 0.15) is 35.4 Å². The smallest absolute Gasteiger partial charge is 0.163 e. The van der Waals surface area contributed by atoms with Crippen LogP contribution < -0.4 is 4.74 Å². The van der Waals surface area contributed by atoms with E-state index in [0.29, 0.717) is 18.0 Å². The molecule has 1 atom stereocenters. The average molecular weight is 260 g/mol. The summed E-state index contributed by atoms with van der Waals surface area (Å²) in [5.74, 6) is 0.622. The highest BCUT2D eigenvalue weighted by Crippen LogP contribution is 2.33. The Morgan fingerprint density at radius 2 is 1.95 bits per heavy atom. The van der Waals surface area contributed by atoms with Crippen LogP contribution in [-0.4, -0.2) is 22.0 Å². The average Bonchev–Trinajstić information content (AvgIpc) is 2.81. The minimum absolute atomic E-state index is 0.622. The first-order chi connectivity index (χ1) is 9.10. The van der Waals surface area contributed by atoms with E-state index in [1.165, 1.54) is 0 Å². The topological polar surface area (TPSA) is 47.3 Å². The van der Waals surface area contributed by atoms with Gasteiger partial charge in [0, 0.05) is 6.54 Å². The molecule has 4 heteroatoms. The van der Waals surface area contributed by atoms with Gasteiger partial charge in [0.05, 0.1) is 13.3 Å². The van der Waals surface area contributed by atoms with Gasteiger partial charge in [-0.05, 0) is 37.5 Å². The van der Waals surface area contributed by atoms with Gasteiger partial charge in [-0.3, -0.25) is 4.68 Å². The zero-order valence-electron chi connectivity index (χ0n) is 11.8. The monoisotopic (exact) mass is 260 g/mol. The number of aliphatic hydroxyl groups excluding tert-OH is 1. The van der Waals surface area contributed by atoms with Crippen molar-refractivity contribution in [1.82, 2.24) is 9.78 Å². The molecule has 19 heavy (non-hydrogen) atoms. The molecule has 0 saturated carbocycles. The maximum atomic E-state index is 10.7. The molecule has 1 unspecified atom stereocenters. The summed E-state index contributed by atoms with van der Waals surface area (Å²) >= 11 is 0. The molecule has 0 radical (unpaired) electrons. The minimum atomic E-state index is -0.724. The molecule has 0 aliphatic carbocycles. The number of ether oxygens (including phenoxy) is 1. The van der Waals surface area contributed by atoms with Crippen LogP contribution in [0.2, 0.25) is 0 Å². The van der Waals surface area contributed by atoms with E-state index in [-0.39, 0.29) is 0 Å². The molecule has 1 N–H and O–H groups in total. The fraction of sp³-hybridized carbons (Fsp3) is 0.400. The van der Waals surface area contributed by atoms with Gasteiger partial charge in [-0.1, -0.05) is 18.2 Å². The van der Waals surface area contributed by atoms with Gasteiger partial charge in [0.15, 0.2) is 5.75 Å². The lowest BCUT2D eigenvalue weighted by Gasteiger charge is -2.18. The van der Waals surface area contributed by atoms with Crippen LogP contribution in [0.3, 0.4) is 0 Å². The van der Waals surface area contributed by atoms with E-state index < -0.39 is 6.10 Å². The summed E-state index contributed by atoms with van der Waals surface area (Å²) in [6, 6.07) is 6.00. The van der Waals surface area contributed by atoms with Crippen molar-refractivity contribution in [2.24, 2.45) is 0 Å². The molecule has 0 bridgehead atoms. The fourth-order valence-corrected chi connectivity index (χ4v) is 2.46. The molecule has 0 amide bonds. The van der Waals surface area contributed by atoms with Gasteiger partial charge >= 0.3 is 0 Å². The van der Waals surface area contributed by atoms with Crippen LogP contribution in [0.5, 0.6) is 5.75 Å². The Kier molecular flexibility index (Phi) is 3.90. The maximum absolute atomic E-state index is 10.7. The fourth-order valence-electron chi connectivity index (χ4n) is 2.46. The Labute approximate surface area is 113 Å². The normalized spacial score (nSPS) is 12.5. The Morgan fingerprint density at radius 1 is 1.32 bits per heavy atom. The first-order valence-corrected chi connectivity index (χ1v) is 6.44. The van der Waals surface area contributed by atoms with E-state index in [4.69, 9.17) is 4.74 Å². The van der Waals surface area contributed by atoms with E-state index in [1.807, 2.05) is 39.0 Å². The zero-order chi connectivity index (χ0) is 14.0. The largest absolute Gasteiger partial charge is 0.493 e. The molecule has 1 aromatic carbocycles. The number of aliphatic hydroxyl groups is 1. The second kappa shape index (κ2) is 5.45. The molecular weight excluding hydrogens is 240 g/mol. The van der Waals surface area contributed by atoms with Crippen molar-refractivity contribution < 1.29 is 9.84 Å². The predicted octanol–water partition coefficient (Wildman–Crippen LogP) is 2.61. The van der Waals surface area contributed by atoms with E-state index in [0.717, 1.165) is 16.7 Å². The first kappa shape index (κ1) is 13.6. The molecule has 2 aromatic rings. The number of rotatable bonds is 4. The molecule has 102 valence electrons. The number of aromatic nitrogens is 2. The van der Waals surface area contributed by atoms with Crippen molar-refractivity contribution in [2.45, 2.75) is 33.4 Å². The van der Waals surface area contributed by atoms with Crippen LogP contribution in [-0.2, 0) is 6.54 Å². The number of benzene rings is 1. The second-order valence-electron chi connectivity index (χ2n) is 4.62. The summed E-state index contributed by atoms with van der Waals surface area (Å²) in [5, 5.41) is 15.0. The number of nitrogens with zero attached hydrogens (tertiary/aromatic N) is 2. The third-order valence-electron chi connectivity index (χ3n) is 3.44. The van der Waals surface area contributed by atoms with Gasteiger partial charge in [0.2, 0.25) is 0 Å². The van der Waals surface area contributed by atoms with E-state index in [9.17, 15) is 5.11 Å².